The fourth-order valence-electron chi connectivity index (χ4n) is 2.29. The highest BCUT2D eigenvalue weighted by atomic mass is 16.6. The summed E-state index contributed by atoms with van der Waals surface area (Å²) in [5, 5.41) is 2.86. The van der Waals surface area contributed by atoms with Gasteiger partial charge in [0.25, 0.3) is 0 Å². The summed E-state index contributed by atoms with van der Waals surface area (Å²) in [4.78, 5) is 22.9. The van der Waals surface area contributed by atoms with E-state index in [0.717, 1.165) is 17.1 Å². The summed E-state index contributed by atoms with van der Waals surface area (Å²) in [5.41, 5.74) is 0.784. The van der Waals surface area contributed by atoms with Crippen LogP contribution >= 0.6 is 0 Å². The molecule has 1 aliphatic heterocycles. The number of hydrogen-bond acceptors (Lipinski definition) is 5. The van der Waals surface area contributed by atoms with Gasteiger partial charge < -0.3 is 19.5 Å². The summed E-state index contributed by atoms with van der Waals surface area (Å²) in [6.07, 6.45) is 0.219. The Morgan fingerprint density at radius 3 is 2.57 bits per heavy atom. The Morgan fingerprint density at radius 1 is 1.17 bits per heavy atom. The van der Waals surface area contributed by atoms with Crippen LogP contribution in [0.2, 0.25) is 0 Å². The molecule has 0 fully saturated rings. The minimum absolute atomic E-state index is 0.0901. The quantitative estimate of drug-likeness (QED) is 0.809. The average molecular weight is 321 g/mol. The molecule has 0 saturated carbocycles. The molecule has 0 radical (unpaired) electrons. The molecular weight excluding hydrogens is 298 g/mol. The van der Waals surface area contributed by atoms with Crippen molar-refractivity contribution in [1.29, 1.82) is 0 Å². The van der Waals surface area contributed by atoms with Gasteiger partial charge in [-0.1, -0.05) is 19.9 Å². The van der Waals surface area contributed by atoms with E-state index in [1.54, 1.807) is 0 Å². The maximum Gasteiger partial charge on any atom is 0.306 e. The number of esters is 1. The summed E-state index contributed by atoms with van der Waals surface area (Å²) in [6, 6.07) is 5.83. The van der Waals surface area contributed by atoms with Crippen molar-refractivity contribution < 1.29 is 23.8 Å². The molecule has 0 aliphatic carbocycles. The second-order valence-corrected chi connectivity index (χ2v) is 6.10. The third-order valence-electron chi connectivity index (χ3n) is 3.84. The van der Waals surface area contributed by atoms with Gasteiger partial charge in [0.2, 0.25) is 5.91 Å². The minimum Gasteiger partial charge on any atom is -0.486 e. The van der Waals surface area contributed by atoms with Gasteiger partial charge >= 0.3 is 5.97 Å². The molecule has 0 bridgehead atoms. The average Bonchev–Trinajstić information content (AvgIpc) is 2.57. The number of rotatable bonds is 6. The molecule has 1 aromatic carbocycles. The zero-order chi connectivity index (χ0) is 16.9. The van der Waals surface area contributed by atoms with Gasteiger partial charge in [-0.05, 0) is 17.7 Å². The number of amides is 1. The van der Waals surface area contributed by atoms with Gasteiger partial charge in [0.15, 0.2) is 11.5 Å². The predicted octanol–water partition coefficient (Wildman–Crippen LogP) is 1.80. The molecule has 0 aromatic heterocycles. The van der Waals surface area contributed by atoms with Crippen molar-refractivity contribution in [3.8, 4) is 11.5 Å². The van der Waals surface area contributed by atoms with Crippen molar-refractivity contribution in [1.82, 2.24) is 5.32 Å². The molecular formula is C17H23NO5. The monoisotopic (exact) mass is 321 g/mol. The lowest BCUT2D eigenvalue weighted by atomic mass is 9.84. The molecule has 126 valence electrons. The summed E-state index contributed by atoms with van der Waals surface area (Å²) in [7, 11) is 1.31. The van der Waals surface area contributed by atoms with Crippen LogP contribution < -0.4 is 14.8 Å². The van der Waals surface area contributed by atoms with Crippen molar-refractivity contribution in [2.24, 2.45) is 0 Å². The molecule has 1 aliphatic rings. The molecule has 1 N–H and O–H groups in total. The smallest absolute Gasteiger partial charge is 0.306 e. The fourth-order valence-corrected chi connectivity index (χ4v) is 2.29. The van der Waals surface area contributed by atoms with Crippen LogP contribution in [0.15, 0.2) is 18.2 Å². The fraction of sp³-hybridized carbons (Fsp3) is 0.529. The van der Waals surface area contributed by atoms with Crippen LogP contribution in [0.3, 0.4) is 0 Å². The van der Waals surface area contributed by atoms with Gasteiger partial charge in [-0.25, -0.2) is 0 Å². The third-order valence-corrected chi connectivity index (χ3v) is 3.84. The molecule has 1 heterocycles. The second-order valence-electron chi connectivity index (χ2n) is 6.10. The zero-order valence-corrected chi connectivity index (χ0v) is 13.8. The Bertz CT molecular complexity index is 582. The molecule has 2 rings (SSSR count). The number of carbonyl (C=O) groups excluding carboxylic acids is 2. The third kappa shape index (κ3) is 4.61. The first-order chi connectivity index (χ1) is 10.9. The molecule has 1 aromatic rings. The van der Waals surface area contributed by atoms with E-state index in [4.69, 9.17) is 9.47 Å². The van der Waals surface area contributed by atoms with E-state index in [2.05, 4.69) is 10.1 Å². The highest BCUT2D eigenvalue weighted by Crippen LogP contribution is 2.34. The molecule has 0 atom stereocenters. The summed E-state index contributed by atoms with van der Waals surface area (Å²) < 4.78 is 15.6. The summed E-state index contributed by atoms with van der Waals surface area (Å²) in [5.74, 6) is 0.934. The van der Waals surface area contributed by atoms with Crippen LogP contribution in [0, 0.1) is 0 Å². The van der Waals surface area contributed by atoms with Crippen molar-refractivity contribution in [3.05, 3.63) is 23.8 Å². The lowest BCUT2D eigenvalue weighted by Crippen LogP contribution is -2.36. The number of carbonyl (C=O) groups is 2. The van der Waals surface area contributed by atoms with Crippen LogP contribution in [0.25, 0.3) is 0 Å². The Kier molecular flexibility index (Phi) is 5.47. The number of ether oxygens (including phenoxy) is 3. The molecule has 6 nitrogen and oxygen atoms in total. The van der Waals surface area contributed by atoms with Crippen molar-refractivity contribution >= 4 is 11.9 Å². The van der Waals surface area contributed by atoms with Gasteiger partial charge in [0, 0.05) is 18.4 Å². The summed E-state index contributed by atoms with van der Waals surface area (Å²) >= 11 is 0. The molecule has 0 saturated heterocycles. The first-order valence-electron chi connectivity index (χ1n) is 7.66. The molecule has 6 heteroatoms. The van der Waals surface area contributed by atoms with Crippen LogP contribution in [0.1, 0.15) is 32.3 Å². The summed E-state index contributed by atoms with van der Waals surface area (Å²) in [6.45, 7) is 5.65. The minimum atomic E-state index is -0.383. The Balaban J connectivity index is 1.93. The highest BCUT2D eigenvalue weighted by Gasteiger charge is 2.24. The number of methoxy groups -OCH3 is 1. The van der Waals surface area contributed by atoms with E-state index in [0.29, 0.717) is 19.8 Å². The second kappa shape index (κ2) is 7.35. The number of nitrogens with one attached hydrogen (secondary N) is 1. The van der Waals surface area contributed by atoms with Crippen molar-refractivity contribution in [3.63, 3.8) is 0 Å². The highest BCUT2D eigenvalue weighted by molar-refractivity contribution is 5.81. The van der Waals surface area contributed by atoms with E-state index >= 15 is 0 Å². The van der Waals surface area contributed by atoms with Gasteiger partial charge in [-0.3, -0.25) is 9.59 Å². The topological polar surface area (TPSA) is 73.9 Å². The maximum absolute atomic E-state index is 11.8. The predicted molar refractivity (Wildman–Crippen MR) is 84.7 cm³/mol. The molecule has 0 spiro atoms. The molecule has 23 heavy (non-hydrogen) atoms. The number of fused-ring (bicyclic) bond motifs is 1. The Hall–Kier alpha value is -2.24. The van der Waals surface area contributed by atoms with E-state index in [1.165, 1.54) is 7.11 Å². The zero-order valence-electron chi connectivity index (χ0n) is 13.8. The maximum atomic E-state index is 11.8. The first-order valence-corrected chi connectivity index (χ1v) is 7.66. The van der Waals surface area contributed by atoms with E-state index in [-0.39, 0.29) is 30.1 Å². The SMILES string of the molecule is COC(=O)CCC(=O)NCC(C)(C)c1ccc2c(c1)OCCO2. The number of hydrogen-bond donors (Lipinski definition) is 1. The van der Waals surface area contributed by atoms with Gasteiger partial charge in [-0.2, -0.15) is 0 Å². The van der Waals surface area contributed by atoms with E-state index in [1.807, 2.05) is 32.0 Å². The van der Waals surface area contributed by atoms with Crippen LogP contribution in [-0.4, -0.2) is 38.7 Å². The van der Waals surface area contributed by atoms with Gasteiger partial charge in [-0.15, -0.1) is 0 Å². The van der Waals surface area contributed by atoms with Crippen molar-refractivity contribution in [2.75, 3.05) is 26.9 Å². The van der Waals surface area contributed by atoms with E-state index in [9.17, 15) is 9.59 Å². The Morgan fingerprint density at radius 2 is 1.87 bits per heavy atom. The Labute approximate surface area is 136 Å². The van der Waals surface area contributed by atoms with Crippen molar-refractivity contribution in [2.45, 2.75) is 32.1 Å². The van der Waals surface area contributed by atoms with Crippen LogP contribution in [-0.2, 0) is 19.7 Å². The number of benzene rings is 1. The largest absolute Gasteiger partial charge is 0.486 e. The first kappa shape index (κ1) is 17.1. The normalized spacial score (nSPS) is 13.3. The van der Waals surface area contributed by atoms with E-state index < -0.39 is 0 Å². The standard InChI is InChI=1S/C17H23NO5/c1-17(2,11-18-15(19)6-7-16(20)21-3)12-4-5-13-14(10-12)23-9-8-22-13/h4-5,10H,6-9,11H2,1-3H3,(H,18,19). The van der Waals surface area contributed by atoms with Gasteiger partial charge in [0.05, 0.1) is 13.5 Å². The lowest BCUT2D eigenvalue weighted by Gasteiger charge is -2.27. The lowest BCUT2D eigenvalue weighted by molar-refractivity contribution is -0.142. The molecule has 0 unspecified atom stereocenters. The van der Waals surface area contributed by atoms with Crippen LogP contribution in [0.4, 0.5) is 0 Å². The molecule has 1 amide bonds. The van der Waals surface area contributed by atoms with Gasteiger partial charge in [0.1, 0.15) is 13.2 Å². The van der Waals surface area contributed by atoms with Crippen LogP contribution in [0.5, 0.6) is 11.5 Å².